The average Bonchev–Trinajstić information content (AvgIpc) is 3.10. The number of piperidine rings is 1. The van der Waals surface area contributed by atoms with Crippen LogP contribution in [-0.2, 0) is 6.54 Å². The van der Waals surface area contributed by atoms with Crippen molar-refractivity contribution in [2.75, 3.05) is 13.1 Å². The van der Waals surface area contributed by atoms with Gasteiger partial charge in [0.25, 0.3) is 0 Å². The van der Waals surface area contributed by atoms with E-state index in [0.717, 1.165) is 54.7 Å². The maximum absolute atomic E-state index is 9.66. The van der Waals surface area contributed by atoms with E-state index in [-0.39, 0.29) is 6.10 Å². The average molecular weight is 306 g/mol. The molecule has 1 unspecified atom stereocenters. The highest BCUT2D eigenvalue weighted by atomic mass is 32.1. The number of aromatic nitrogens is 1. The molecular weight excluding hydrogens is 284 g/mol. The van der Waals surface area contributed by atoms with Crippen LogP contribution in [0.4, 0.5) is 0 Å². The van der Waals surface area contributed by atoms with Crippen LogP contribution in [0.1, 0.15) is 31.2 Å². The molecule has 1 saturated heterocycles. The first-order valence-electron chi connectivity index (χ1n) is 7.54. The van der Waals surface area contributed by atoms with Crippen LogP contribution in [0.25, 0.3) is 10.8 Å². The first kappa shape index (κ1) is 14.8. The highest BCUT2D eigenvalue weighted by Crippen LogP contribution is 2.27. The second kappa shape index (κ2) is 6.30. The van der Waals surface area contributed by atoms with Gasteiger partial charge in [-0.05, 0) is 57.1 Å². The fraction of sp³-hybridized carbons (Fsp3) is 0.562. The summed E-state index contributed by atoms with van der Waals surface area (Å²) in [6.45, 7) is 6.77. The molecule has 1 atom stereocenters. The minimum atomic E-state index is -0.189. The lowest BCUT2D eigenvalue weighted by Crippen LogP contribution is -2.36. The topological polar surface area (TPSA) is 49.5 Å². The Bertz CT molecular complexity index is 569. The van der Waals surface area contributed by atoms with Gasteiger partial charge in [0, 0.05) is 6.54 Å². The summed E-state index contributed by atoms with van der Waals surface area (Å²) in [7, 11) is 0. The number of hydrogen-bond acceptors (Lipinski definition) is 5. The molecule has 21 heavy (non-hydrogen) atoms. The molecular formula is C16H22N2O2S. The van der Waals surface area contributed by atoms with Gasteiger partial charge in [0.05, 0.1) is 16.7 Å². The molecule has 1 aliphatic heterocycles. The van der Waals surface area contributed by atoms with Crippen LogP contribution in [0.5, 0.6) is 0 Å². The van der Waals surface area contributed by atoms with E-state index in [1.165, 1.54) is 0 Å². The predicted octanol–water partition coefficient (Wildman–Crippen LogP) is 3.30. The predicted molar refractivity (Wildman–Crippen MR) is 84.2 cm³/mol. The van der Waals surface area contributed by atoms with Gasteiger partial charge in [0.15, 0.2) is 0 Å². The van der Waals surface area contributed by atoms with Crippen molar-refractivity contribution in [3.8, 4) is 10.8 Å². The zero-order valence-corrected chi connectivity index (χ0v) is 13.4. The summed E-state index contributed by atoms with van der Waals surface area (Å²) in [4.78, 5) is 8.14. The lowest BCUT2D eigenvalue weighted by Gasteiger charge is -2.32. The van der Waals surface area contributed by atoms with Crippen LogP contribution in [0.3, 0.4) is 0 Å². The normalized spacial score (nSPS) is 19.0. The van der Waals surface area contributed by atoms with Crippen LogP contribution in [0, 0.1) is 12.8 Å². The van der Waals surface area contributed by atoms with Gasteiger partial charge in [-0.25, -0.2) is 4.98 Å². The summed E-state index contributed by atoms with van der Waals surface area (Å²) < 4.78 is 5.79. The van der Waals surface area contributed by atoms with Gasteiger partial charge >= 0.3 is 0 Å². The van der Waals surface area contributed by atoms with Crippen LogP contribution >= 0.6 is 11.3 Å². The van der Waals surface area contributed by atoms with Crippen molar-refractivity contribution in [2.45, 2.75) is 39.3 Å². The number of aliphatic hydroxyl groups is 1. The van der Waals surface area contributed by atoms with Gasteiger partial charge < -0.3 is 9.52 Å². The maximum atomic E-state index is 9.66. The number of likely N-dealkylation sites (tertiary alicyclic amines) is 1. The summed E-state index contributed by atoms with van der Waals surface area (Å²) in [6, 6.07) is 4.05. The number of hydrogen-bond donors (Lipinski definition) is 1. The molecule has 5 heteroatoms. The van der Waals surface area contributed by atoms with E-state index in [4.69, 9.17) is 4.42 Å². The molecule has 1 N–H and O–H groups in total. The van der Waals surface area contributed by atoms with Crippen molar-refractivity contribution >= 4 is 11.3 Å². The lowest BCUT2D eigenvalue weighted by molar-refractivity contribution is 0.0690. The summed E-state index contributed by atoms with van der Waals surface area (Å²) in [6.07, 6.45) is 1.94. The third kappa shape index (κ3) is 3.36. The van der Waals surface area contributed by atoms with Crippen molar-refractivity contribution in [1.29, 1.82) is 0 Å². The molecule has 2 aromatic heterocycles. The van der Waals surface area contributed by atoms with E-state index in [9.17, 15) is 5.11 Å². The molecule has 0 aromatic carbocycles. The van der Waals surface area contributed by atoms with Gasteiger partial charge in [-0.15, -0.1) is 11.3 Å². The van der Waals surface area contributed by atoms with Crippen molar-refractivity contribution in [3.63, 3.8) is 0 Å². The van der Waals surface area contributed by atoms with Crippen molar-refractivity contribution in [1.82, 2.24) is 9.88 Å². The molecule has 3 rings (SSSR count). The number of aliphatic hydroxyl groups excluding tert-OH is 1. The molecule has 0 amide bonds. The van der Waals surface area contributed by atoms with Gasteiger partial charge in [0.2, 0.25) is 5.89 Å². The van der Waals surface area contributed by atoms with E-state index in [2.05, 4.69) is 9.88 Å². The molecule has 1 fully saturated rings. The Kier molecular flexibility index (Phi) is 4.42. The Hall–Kier alpha value is -1.17. The van der Waals surface area contributed by atoms with E-state index in [0.29, 0.717) is 5.92 Å². The lowest BCUT2D eigenvalue weighted by atomic mass is 9.92. The largest absolute Gasteiger partial charge is 0.440 e. The molecule has 3 heterocycles. The van der Waals surface area contributed by atoms with Crippen molar-refractivity contribution in [2.24, 2.45) is 5.92 Å². The summed E-state index contributed by atoms with van der Waals surface area (Å²) in [5, 5.41) is 11.7. The van der Waals surface area contributed by atoms with Crippen LogP contribution in [0.2, 0.25) is 0 Å². The highest BCUT2D eigenvalue weighted by Gasteiger charge is 2.24. The molecule has 0 spiro atoms. The maximum Gasteiger partial charge on any atom is 0.236 e. The minimum Gasteiger partial charge on any atom is -0.440 e. The first-order valence-corrected chi connectivity index (χ1v) is 8.42. The van der Waals surface area contributed by atoms with Gasteiger partial charge in [-0.2, -0.15) is 0 Å². The molecule has 0 saturated carbocycles. The number of rotatable bonds is 4. The SMILES string of the molecule is Cc1oc(-c2cccs2)nc1CN1CCC(C(C)O)CC1. The summed E-state index contributed by atoms with van der Waals surface area (Å²) in [5.74, 6) is 2.09. The third-order valence-corrected chi connectivity index (χ3v) is 5.17. The number of thiophene rings is 1. The molecule has 0 bridgehead atoms. The van der Waals surface area contributed by atoms with Crippen LogP contribution in [-0.4, -0.2) is 34.2 Å². The number of nitrogens with zero attached hydrogens (tertiary/aromatic N) is 2. The first-order chi connectivity index (χ1) is 10.1. The summed E-state index contributed by atoms with van der Waals surface area (Å²) in [5.41, 5.74) is 1.04. The zero-order chi connectivity index (χ0) is 14.8. The Labute approximate surface area is 129 Å². The zero-order valence-electron chi connectivity index (χ0n) is 12.6. The minimum absolute atomic E-state index is 0.189. The molecule has 0 aliphatic carbocycles. The molecule has 2 aromatic rings. The quantitative estimate of drug-likeness (QED) is 0.941. The van der Waals surface area contributed by atoms with Crippen LogP contribution < -0.4 is 0 Å². The Morgan fingerprint density at radius 3 is 2.86 bits per heavy atom. The van der Waals surface area contributed by atoms with E-state index in [1.807, 2.05) is 31.4 Å². The fourth-order valence-electron chi connectivity index (χ4n) is 2.89. The second-order valence-corrected chi connectivity index (χ2v) is 6.80. The van der Waals surface area contributed by atoms with Gasteiger partial charge in [-0.3, -0.25) is 4.90 Å². The standard InChI is InChI=1S/C16H22N2O2S/c1-11(19)13-5-7-18(8-6-13)10-14-12(2)20-16(17-14)15-4-3-9-21-15/h3-4,9,11,13,19H,5-8,10H2,1-2H3. The molecule has 4 nitrogen and oxygen atoms in total. The van der Waals surface area contributed by atoms with E-state index < -0.39 is 0 Å². The second-order valence-electron chi connectivity index (χ2n) is 5.85. The monoisotopic (exact) mass is 306 g/mol. The third-order valence-electron chi connectivity index (χ3n) is 4.31. The number of aryl methyl sites for hydroxylation is 1. The number of oxazole rings is 1. The Morgan fingerprint density at radius 2 is 2.24 bits per heavy atom. The Morgan fingerprint density at radius 1 is 1.48 bits per heavy atom. The van der Waals surface area contributed by atoms with Gasteiger partial charge in [-0.1, -0.05) is 6.07 Å². The summed E-state index contributed by atoms with van der Waals surface area (Å²) >= 11 is 1.65. The fourth-order valence-corrected chi connectivity index (χ4v) is 3.53. The van der Waals surface area contributed by atoms with E-state index in [1.54, 1.807) is 11.3 Å². The smallest absolute Gasteiger partial charge is 0.236 e. The Balaban J connectivity index is 1.64. The molecule has 0 radical (unpaired) electrons. The van der Waals surface area contributed by atoms with Crippen LogP contribution in [0.15, 0.2) is 21.9 Å². The molecule has 1 aliphatic rings. The van der Waals surface area contributed by atoms with Crippen molar-refractivity contribution in [3.05, 3.63) is 29.0 Å². The molecule has 114 valence electrons. The van der Waals surface area contributed by atoms with E-state index >= 15 is 0 Å². The highest BCUT2D eigenvalue weighted by molar-refractivity contribution is 7.13. The van der Waals surface area contributed by atoms with Gasteiger partial charge in [0.1, 0.15) is 5.76 Å². The van der Waals surface area contributed by atoms with Crippen molar-refractivity contribution < 1.29 is 9.52 Å².